The fourth-order valence-corrected chi connectivity index (χ4v) is 3.33. The van der Waals surface area contributed by atoms with Crippen LogP contribution < -0.4 is 15.0 Å². The monoisotopic (exact) mass is 416 g/mol. The SMILES string of the molecule is COc1ccc(CNC(=O)Cn2cnc3c(N4CCOCC4)nc(Cl)nc32)cc1. The zero-order valence-electron chi connectivity index (χ0n) is 16.0. The summed E-state index contributed by atoms with van der Waals surface area (Å²) >= 11 is 6.14. The van der Waals surface area contributed by atoms with Crippen LogP contribution in [0.1, 0.15) is 5.56 Å². The molecule has 1 aliphatic heterocycles. The average Bonchev–Trinajstić information content (AvgIpc) is 3.15. The van der Waals surface area contributed by atoms with Crippen LogP contribution in [0.25, 0.3) is 11.2 Å². The quantitative estimate of drug-likeness (QED) is 0.610. The standard InChI is InChI=1S/C19H21ClN6O3/c1-28-14-4-2-13(3-5-14)10-21-15(27)11-26-12-22-16-17(23-19(20)24-18(16)26)25-6-8-29-9-7-25/h2-5,12H,6-11H2,1H3,(H,21,27). The number of nitrogens with one attached hydrogen (secondary N) is 1. The number of methoxy groups -OCH3 is 1. The van der Waals surface area contributed by atoms with Crippen molar-refractivity contribution in [2.75, 3.05) is 38.3 Å². The fourth-order valence-electron chi connectivity index (χ4n) is 3.17. The van der Waals surface area contributed by atoms with E-state index >= 15 is 0 Å². The second-order valence-corrected chi connectivity index (χ2v) is 6.92. The maximum absolute atomic E-state index is 12.4. The van der Waals surface area contributed by atoms with Gasteiger partial charge in [-0.15, -0.1) is 0 Å². The van der Waals surface area contributed by atoms with Crippen LogP contribution in [-0.2, 0) is 22.6 Å². The molecule has 0 atom stereocenters. The second-order valence-electron chi connectivity index (χ2n) is 6.59. The van der Waals surface area contributed by atoms with E-state index in [1.807, 2.05) is 24.3 Å². The molecule has 0 unspecified atom stereocenters. The molecule has 4 rings (SSSR count). The largest absolute Gasteiger partial charge is 0.497 e. The number of hydrogen-bond donors (Lipinski definition) is 1. The molecule has 152 valence electrons. The Morgan fingerprint density at radius 3 is 2.72 bits per heavy atom. The van der Waals surface area contributed by atoms with Crippen molar-refractivity contribution in [1.29, 1.82) is 0 Å². The van der Waals surface area contributed by atoms with Gasteiger partial charge in [0.25, 0.3) is 0 Å². The third kappa shape index (κ3) is 4.41. The predicted molar refractivity (Wildman–Crippen MR) is 108 cm³/mol. The van der Waals surface area contributed by atoms with Crippen molar-refractivity contribution in [3.63, 3.8) is 0 Å². The van der Waals surface area contributed by atoms with Crippen LogP contribution in [-0.4, -0.2) is 58.8 Å². The van der Waals surface area contributed by atoms with Crippen molar-refractivity contribution >= 4 is 34.5 Å². The number of benzene rings is 1. The number of rotatable bonds is 6. The van der Waals surface area contributed by atoms with Gasteiger partial charge in [0.05, 0.1) is 26.7 Å². The molecule has 0 spiro atoms. The highest BCUT2D eigenvalue weighted by atomic mass is 35.5. The lowest BCUT2D eigenvalue weighted by molar-refractivity contribution is -0.121. The molecule has 9 nitrogen and oxygen atoms in total. The van der Waals surface area contributed by atoms with E-state index in [1.54, 1.807) is 18.0 Å². The number of nitrogens with zero attached hydrogens (tertiary/aromatic N) is 5. The molecule has 29 heavy (non-hydrogen) atoms. The van der Waals surface area contributed by atoms with E-state index in [1.165, 1.54) is 0 Å². The molecule has 1 amide bonds. The molecule has 1 N–H and O–H groups in total. The number of fused-ring (bicyclic) bond motifs is 1. The molecule has 3 heterocycles. The van der Waals surface area contributed by atoms with Gasteiger partial charge < -0.3 is 24.3 Å². The third-order valence-electron chi connectivity index (χ3n) is 4.69. The van der Waals surface area contributed by atoms with Crippen LogP contribution in [0.2, 0.25) is 5.28 Å². The van der Waals surface area contributed by atoms with E-state index < -0.39 is 0 Å². The number of amides is 1. The number of anilines is 1. The van der Waals surface area contributed by atoms with Crippen molar-refractivity contribution in [3.05, 3.63) is 41.4 Å². The smallest absolute Gasteiger partial charge is 0.240 e. The summed E-state index contributed by atoms with van der Waals surface area (Å²) in [5.74, 6) is 1.29. The Morgan fingerprint density at radius 2 is 2.00 bits per heavy atom. The van der Waals surface area contributed by atoms with Crippen molar-refractivity contribution in [3.8, 4) is 5.75 Å². The highest BCUT2D eigenvalue weighted by molar-refractivity contribution is 6.28. The first-order valence-corrected chi connectivity index (χ1v) is 9.62. The molecule has 3 aromatic rings. The predicted octanol–water partition coefficient (Wildman–Crippen LogP) is 1.64. The third-order valence-corrected chi connectivity index (χ3v) is 4.86. The summed E-state index contributed by atoms with van der Waals surface area (Å²) in [6.07, 6.45) is 1.59. The minimum Gasteiger partial charge on any atom is -0.497 e. The number of carbonyl (C=O) groups is 1. The first-order chi connectivity index (χ1) is 14.1. The Morgan fingerprint density at radius 1 is 1.24 bits per heavy atom. The average molecular weight is 417 g/mol. The fraction of sp³-hybridized carbons (Fsp3) is 0.368. The Hall–Kier alpha value is -2.91. The minimum absolute atomic E-state index is 0.0859. The number of carbonyl (C=O) groups excluding carboxylic acids is 1. The Kier molecular flexibility index (Phi) is 5.77. The summed E-state index contributed by atoms with van der Waals surface area (Å²) in [6, 6.07) is 7.54. The molecule has 0 radical (unpaired) electrons. The first kappa shape index (κ1) is 19.4. The van der Waals surface area contributed by atoms with E-state index in [2.05, 4.69) is 25.2 Å². The van der Waals surface area contributed by atoms with Gasteiger partial charge in [-0.3, -0.25) is 4.79 Å². The van der Waals surface area contributed by atoms with Crippen molar-refractivity contribution in [2.24, 2.45) is 0 Å². The van der Waals surface area contributed by atoms with Gasteiger partial charge in [-0.2, -0.15) is 9.97 Å². The molecule has 1 saturated heterocycles. The van der Waals surface area contributed by atoms with Crippen LogP contribution >= 0.6 is 11.6 Å². The van der Waals surface area contributed by atoms with Gasteiger partial charge >= 0.3 is 0 Å². The van der Waals surface area contributed by atoms with Crippen LogP contribution in [0.5, 0.6) is 5.75 Å². The number of morpholine rings is 1. The van der Waals surface area contributed by atoms with Crippen molar-refractivity contribution in [1.82, 2.24) is 24.8 Å². The van der Waals surface area contributed by atoms with Crippen LogP contribution in [0.4, 0.5) is 5.82 Å². The van der Waals surface area contributed by atoms with Crippen LogP contribution in [0.3, 0.4) is 0 Å². The van der Waals surface area contributed by atoms with E-state index in [-0.39, 0.29) is 17.7 Å². The summed E-state index contributed by atoms with van der Waals surface area (Å²) < 4.78 is 12.2. The van der Waals surface area contributed by atoms with Crippen LogP contribution in [0, 0.1) is 0 Å². The zero-order valence-corrected chi connectivity index (χ0v) is 16.7. The van der Waals surface area contributed by atoms with Gasteiger partial charge in [-0.1, -0.05) is 12.1 Å². The topological polar surface area (TPSA) is 94.4 Å². The maximum Gasteiger partial charge on any atom is 0.240 e. The van der Waals surface area contributed by atoms with Gasteiger partial charge in [0.2, 0.25) is 11.2 Å². The molecular weight excluding hydrogens is 396 g/mol. The normalized spacial score (nSPS) is 14.2. The lowest BCUT2D eigenvalue weighted by Crippen LogP contribution is -2.37. The molecule has 1 fully saturated rings. The summed E-state index contributed by atoms with van der Waals surface area (Å²) in [6.45, 7) is 3.16. The molecule has 0 saturated carbocycles. The Bertz CT molecular complexity index is 1000. The molecule has 2 aromatic heterocycles. The summed E-state index contributed by atoms with van der Waals surface area (Å²) in [5, 5.41) is 3.02. The number of hydrogen-bond acceptors (Lipinski definition) is 7. The lowest BCUT2D eigenvalue weighted by Gasteiger charge is -2.27. The van der Waals surface area contributed by atoms with Crippen LogP contribution in [0.15, 0.2) is 30.6 Å². The van der Waals surface area contributed by atoms with Gasteiger partial charge in [0, 0.05) is 19.6 Å². The van der Waals surface area contributed by atoms with E-state index in [9.17, 15) is 4.79 Å². The molecular formula is C19H21ClN6O3. The number of halogens is 1. The molecule has 0 aliphatic carbocycles. The first-order valence-electron chi connectivity index (χ1n) is 9.25. The van der Waals surface area contributed by atoms with E-state index in [0.717, 1.165) is 11.3 Å². The molecule has 0 bridgehead atoms. The van der Waals surface area contributed by atoms with Gasteiger partial charge in [-0.05, 0) is 29.3 Å². The minimum atomic E-state index is -0.150. The number of aromatic nitrogens is 4. The van der Waals surface area contributed by atoms with E-state index in [0.29, 0.717) is 49.8 Å². The lowest BCUT2D eigenvalue weighted by atomic mass is 10.2. The number of ether oxygens (including phenoxy) is 2. The summed E-state index contributed by atoms with van der Waals surface area (Å²) in [7, 11) is 1.62. The maximum atomic E-state index is 12.4. The highest BCUT2D eigenvalue weighted by Crippen LogP contribution is 2.25. The molecule has 1 aliphatic rings. The zero-order chi connectivity index (χ0) is 20.2. The summed E-state index contributed by atoms with van der Waals surface area (Å²) in [5.41, 5.74) is 2.14. The second kappa shape index (κ2) is 8.62. The number of imidazole rings is 1. The Balaban J connectivity index is 1.47. The summed E-state index contributed by atoms with van der Waals surface area (Å²) in [4.78, 5) is 27.6. The van der Waals surface area contributed by atoms with Gasteiger partial charge in [0.1, 0.15) is 12.3 Å². The van der Waals surface area contributed by atoms with Gasteiger partial charge in [0.15, 0.2) is 17.0 Å². The van der Waals surface area contributed by atoms with Crippen molar-refractivity contribution < 1.29 is 14.3 Å². The molecule has 10 heteroatoms. The van der Waals surface area contributed by atoms with Gasteiger partial charge in [-0.25, -0.2) is 4.98 Å². The van der Waals surface area contributed by atoms with E-state index in [4.69, 9.17) is 21.1 Å². The van der Waals surface area contributed by atoms with Crippen molar-refractivity contribution in [2.45, 2.75) is 13.1 Å². The highest BCUT2D eigenvalue weighted by Gasteiger charge is 2.20. The Labute approximate surface area is 172 Å². The molecule has 1 aromatic carbocycles.